The first-order chi connectivity index (χ1) is 10.5. The summed E-state index contributed by atoms with van der Waals surface area (Å²) in [6.45, 7) is 0. The Hall–Kier alpha value is -3.00. The van der Waals surface area contributed by atoms with Crippen molar-refractivity contribution < 1.29 is 14.8 Å². The highest BCUT2D eigenvalue weighted by Crippen LogP contribution is 2.21. The highest BCUT2D eigenvalue weighted by Gasteiger charge is 2.09. The zero-order valence-corrected chi connectivity index (χ0v) is 12.4. The van der Waals surface area contributed by atoms with Gasteiger partial charge in [0.1, 0.15) is 0 Å². The number of nitro groups is 1. The molecule has 1 aromatic carbocycles. The number of hydrogen-bond donors (Lipinski definition) is 1. The van der Waals surface area contributed by atoms with Crippen molar-refractivity contribution in [2.24, 2.45) is 0 Å². The molecule has 0 fully saturated rings. The number of aromatic nitrogens is 3. The molecule has 0 saturated heterocycles. The van der Waals surface area contributed by atoms with Gasteiger partial charge in [0.05, 0.1) is 28.9 Å². The molecule has 3 rings (SSSR count). The minimum Gasteiger partial charge on any atom is -0.481 e. The quantitative estimate of drug-likeness (QED) is 0.579. The van der Waals surface area contributed by atoms with E-state index in [9.17, 15) is 14.9 Å². The van der Waals surface area contributed by atoms with E-state index in [0.29, 0.717) is 17.0 Å². The number of nitrogens with zero attached hydrogens (tertiary/aromatic N) is 4. The first-order valence-electron chi connectivity index (χ1n) is 6.35. The van der Waals surface area contributed by atoms with Gasteiger partial charge in [-0.1, -0.05) is 0 Å². The number of non-ortho nitro benzene ring substituents is 1. The number of hydrogen-bond acceptors (Lipinski definition) is 5. The van der Waals surface area contributed by atoms with E-state index >= 15 is 0 Å². The molecule has 0 aliphatic carbocycles. The first-order valence-corrected chi connectivity index (χ1v) is 6.35. The zero-order chi connectivity index (χ0) is 15.7. The van der Waals surface area contributed by atoms with Crippen molar-refractivity contribution in [1.29, 1.82) is 0 Å². The van der Waals surface area contributed by atoms with Crippen LogP contribution >= 0.6 is 12.4 Å². The molecular weight excluding hydrogens is 324 g/mol. The van der Waals surface area contributed by atoms with Crippen LogP contribution in [0.5, 0.6) is 0 Å². The van der Waals surface area contributed by atoms with Crippen molar-refractivity contribution in [2.45, 2.75) is 6.42 Å². The molecule has 2 heterocycles. The maximum absolute atomic E-state index is 10.7. The third-order valence-corrected chi connectivity index (χ3v) is 3.08. The number of benzene rings is 1. The Morgan fingerprint density at radius 1 is 1.22 bits per heavy atom. The molecule has 0 spiro atoms. The van der Waals surface area contributed by atoms with E-state index in [1.807, 2.05) is 0 Å². The number of nitro benzene ring substituents is 1. The third kappa shape index (κ3) is 3.43. The largest absolute Gasteiger partial charge is 0.481 e. The lowest BCUT2D eigenvalue weighted by Crippen LogP contribution is -1.99. The van der Waals surface area contributed by atoms with Crippen LogP contribution in [-0.4, -0.2) is 30.6 Å². The molecule has 0 atom stereocenters. The lowest BCUT2D eigenvalue weighted by Gasteiger charge is -2.01. The van der Waals surface area contributed by atoms with E-state index < -0.39 is 10.9 Å². The number of halogens is 1. The van der Waals surface area contributed by atoms with Crippen LogP contribution in [0.1, 0.15) is 5.69 Å². The molecule has 0 aliphatic rings. The molecule has 2 aromatic heterocycles. The van der Waals surface area contributed by atoms with Crippen LogP contribution in [0.2, 0.25) is 0 Å². The second-order valence-corrected chi connectivity index (χ2v) is 4.63. The van der Waals surface area contributed by atoms with Gasteiger partial charge in [-0.2, -0.15) is 5.10 Å². The number of carboxylic acid groups (broad SMARTS) is 1. The van der Waals surface area contributed by atoms with Crippen molar-refractivity contribution in [3.8, 4) is 11.3 Å². The summed E-state index contributed by atoms with van der Waals surface area (Å²) in [6.07, 6.45) is 1.38. The Bertz CT molecular complexity index is 876. The van der Waals surface area contributed by atoms with E-state index in [1.165, 1.54) is 16.6 Å². The smallest absolute Gasteiger partial charge is 0.309 e. The van der Waals surface area contributed by atoms with Crippen molar-refractivity contribution >= 4 is 29.7 Å². The molecule has 23 heavy (non-hydrogen) atoms. The fourth-order valence-corrected chi connectivity index (χ4v) is 2.08. The van der Waals surface area contributed by atoms with Gasteiger partial charge >= 0.3 is 5.97 Å². The lowest BCUT2D eigenvalue weighted by atomic mass is 10.1. The molecule has 0 aliphatic heterocycles. The average Bonchev–Trinajstić information content (AvgIpc) is 2.87. The highest BCUT2D eigenvalue weighted by atomic mass is 35.5. The normalized spacial score (nSPS) is 10.3. The number of aliphatic carboxylic acids is 1. The van der Waals surface area contributed by atoms with Crippen LogP contribution in [-0.2, 0) is 11.2 Å². The van der Waals surface area contributed by atoms with Crippen molar-refractivity contribution in [3.05, 3.63) is 58.4 Å². The van der Waals surface area contributed by atoms with Crippen LogP contribution in [0.3, 0.4) is 0 Å². The molecule has 0 amide bonds. The lowest BCUT2D eigenvalue weighted by molar-refractivity contribution is -0.384. The first kappa shape index (κ1) is 16.4. The second-order valence-electron chi connectivity index (χ2n) is 4.63. The molecule has 0 saturated carbocycles. The second kappa shape index (κ2) is 6.41. The van der Waals surface area contributed by atoms with Crippen LogP contribution in [0.25, 0.3) is 16.9 Å². The maximum atomic E-state index is 10.7. The minimum absolute atomic E-state index is 0. The topological polar surface area (TPSA) is 111 Å². The van der Waals surface area contributed by atoms with Gasteiger partial charge in [0.15, 0.2) is 5.65 Å². The molecule has 0 bridgehead atoms. The molecule has 1 N–H and O–H groups in total. The van der Waals surface area contributed by atoms with E-state index in [0.717, 1.165) is 5.56 Å². The molecule has 9 heteroatoms. The van der Waals surface area contributed by atoms with Crippen LogP contribution < -0.4 is 0 Å². The molecule has 3 aromatic rings. The van der Waals surface area contributed by atoms with E-state index in [2.05, 4.69) is 10.1 Å². The Balaban J connectivity index is 0.00000192. The maximum Gasteiger partial charge on any atom is 0.309 e. The summed E-state index contributed by atoms with van der Waals surface area (Å²) in [5, 5.41) is 23.8. The van der Waals surface area contributed by atoms with Crippen molar-refractivity contribution in [3.63, 3.8) is 0 Å². The predicted molar refractivity (Wildman–Crippen MR) is 83.7 cm³/mol. The predicted octanol–water partition coefficient (Wildman–Crippen LogP) is 2.35. The SMILES string of the molecule is Cl.O=C(O)Cc1cn2nc(-c3ccc([N+](=O)[O-])cc3)ccc2n1. The number of fused-ring (bicyclic) bond motifs is 1. The Kier molecular flexibility index (Phi) is 4.56. The van der Waals surface area contributed by atoms with Crippen LogP contribution in [0.4, 0.5) is 5.69 Å². The summed E-state index contributed by atoms with van der Waals surface area (Å²) in [7, 11) is 0. The standard InChI is InChI=1S/C14H10N4O4.ClH/c19-14(20)7-10-8-17-13(15-10)6-5-12(16-17)9-1-3-11(4-2-9)18(21)22;/h1-6,8H,7H2,(H,19,20);1H. The van der Waals surface area contributed by atoms with Gasteiger partial charge in [-0.25, -0.2) is 9.50 Å². The van der Waals surface area contributed by atoms with Gasteiger partial charge in [0, 0.05) is 17.7 Å². The van der Waals surface area contributed by atoms with E-state index in [-0.39, 0.29) is 24.5 Å². The Morgan fingerprint density at radius 2 is 1.91 bits per heavy atom. The molecule has 8 nitrogen and oxygen atoms in total. The highest BCUT2D eigenvalue weighted by molar-refractivity contribution is 5.85. The average molecular weight is 335 g/mol. The van der Waals surface area contributed by atoms with Crippen molar-refractivity contribution in [1.82, 2.24) is 14.6 Å². The number of rotatable bonds is 4. The van der Waals surface area contributed by atoms with Gasteiger partial charge in [0.2, 0.25) is 0 Å². The van der Waals surface area contributed by atoms with Gasteiger partial charge in [-0.05, 0) is 24.3 Å². The summed E-state index contributed by atoms with van der Waals surface area (Å²) in [4.78, 5) is 25.0. The molecule has 0 radical (unpaired) electrons. The fourth-order valence-electron chi connectivity index (χ4n) is 2.08. The van der Waals surface area contributed by atoms with Gasteiger partial charge in [-0.3, -0.25) is 14.9 Å². The van der Waals surface area contributed by atoms with E-state index in [1.54, 1.807) is 30.5 Å². The minimum atomic E-state index is -0.959. The zero-order valence-electron chi connectivity index (χ0n) is 11.6. The molecular formula is C14H11ClN4O4. The summed E-state index contributed by atoms with van der Waals surface area (Å²) >= 11 is 0. The van der Waals surface area contributed by atoms with E-state index in [4.69, 9.17) is 5.11 Å². The fraction of sp³-hybridized carbons (Fsp3) is 0.0714. The van der Waals surface area contributed by atoms with Gasteiger partial charge < -0.3 is 5.11 Å². The van der Waals surface area contributed by atoms with Crippen LogP contribution in [0.15, 0.2) is 42.6 Å². The number of carbonyl (C=O) groups is 1. The Morgan fingerprint density at radius 3 is 2.52 bits per heavy atom. The summed E-state index contributed by atoms with van der Waals surface area (Å²) < 4.78 is 1.50. The molecule has 118 valence electrons. The monoisotopic (exact) mass is 334 g/mol. The Labute approximate surface area is 136 Å². The number of carboxylic acids is 1. The number of imidazole rings is 1. The molecule has 0 unspecified atom stereocenters. The summed E-state index contributed by atoms with van der Waals surface area (Å²) in [5.41, 5.74) is 2.31. The van der Waals surface area contributed by atoms with Crippen LogP contribution in [0, 0.1) is 10.1 Å². The third-order valence-electron chi connectivity index (χ3n) is 3.08. The summed E-state index contributed by atoms with van der Waals surface area (Å²) in [5.74, 6) is -0.959. The van der Waals surface area contributed by atoms with Crippen molar-refractivity contribution in [2.75, 3.05) is 0 Å². The van der Waals surface area contributed by atoms with Gasteiger partial charge in [-0.15, -0.1) is 12.4 Å². The van der Waals surface area contributed by atoms with Gasteiger partial charge in [0.25, 0.3) is 5.69 Å². The summed E-state index contributed by atoms with van der Waals surface area (Å²) in [6, 6.07) is 9.49.